The first-order valence-corrected chi connectivity index (χ1v) is 7.07. The summed E-state index contributed by atoms with van der Waals surface area (Å²) in [6.07, 6.45) is 4.37. The Bertz CT molecular complexity index is 659. The highest BCUT2D eigenvalue weighted by molar-refractivity contribution is 6.00. The van der Waals surface area contributed by atoms with Gasteiger partial charge in [-0.25, -0.2) is 4.79 Å². The lowest BCUT2D eigenvalue weighted by atomic mass is 10.1. The average molecular weight is 304 g/mol. The highest BCUT2D eigenvalue weighted by Crippen LogP contribution is 2.18. The molecule has 0 aliphatic carbocycles. The van der Waals surface area contributed by atoms with Crippen molar-refractivity contribution >= 4 is 11.9 Å². The third kappa shape index (κ3) is 3.36. The summed E-state index contributed by atoms with van der Waals surface area (Å²) in [5.41, 5.74) is 2.06. The molecule has 0 aliphatic heterocycles. The van der Waals surface area contributed by atoms with Crippen molar-refractivity contribution in [3.8, 4) is 0 Å². The van der Waals surface area contributed by atoms with E-state index in [0.717, 1.165) is 13.0 Å². The lowest BCUT2D eigenvalue weighted by Gasteiger charge is -2.05. The molecule has 0 spiro atoms. The Kier molecular flexibility index (Phi) is 4.98. The molecule has 7 nitrogen and oxygen atoms in total. The van der Waals surface area contributed by atoms with Crippen LogP contribution in [0.15, 0.2) is 18.5 Å². The highest BCUT2D eigenvalue weighted by atomic mass is 16.5. The van der Waals surface area contributed by atoms with Crippen LogP contribution in [0.4, 0.5) is 0 Å². The van der Waals surface area contributed by atoms with Gasteiger partial charge in [0.1, 0.15) is 5.69 Å². The number of hydrogen-bond donors (Lipinski definition) is 2. The van der Waals surface area contributed by atoms with Gasteiger partial charge in [0, 0.05) is 31.2 Å². The number of methoxy groups -OCH3 is 1. The summed E-state index contributed by atoms with van der Waals surface area (Å²) < 4.78 is 6.54. The van der Waals surface area contributed by atoms with Gasteiger partial charge in [0.05, 0.1) is 12.7 Å². The molecule has 22 heavy (non-hydrogen) atoms. The number of aromatic amines is 1. The zero-order valence-electron chi connectivity index (χ0n) is 13.0. The maximum Gasteiger partial charge on any atom is 0.339 e. The third-order valence-corrected chi connectivity index (χ3v) is 3.46. The standard InChI is InChI=1S/C15H20N4O3/c1-10-12(15(21)22-3)11(2)18-13(10)14(20)16-6-4-8-19-9-5-7-17-19/h5,7,9,18H,4,6,8H2,1-3H3,(H,16,20). The van der Waals surface area contributed by atoms with Gasteiger partial charge in [0.25, 0.3) is 5.91 Å². The molecule has 0 fully saturated rings. The summed E-state index contributed by atoms with van der Waals surface area (Å²) in [5.74, 6) is -0.666. The maximum atomic E-state index is 12.2. The van der Waals surface area contributed by atoms with E-state index in [4.69, 9.17) is 4.74 Å². The number of nitrogens with one attached hydrogen (secondary N) is 2. The van der Waals surface area contributed by atoms with Gasteiger partial charge in [-0.05, 0) is 31.9 Å². The van der Waals surface area contributed by atoms with E-state index in [1.807, 2.05) is 16.9 Å². The number of amides is 1. The predicted molar refractivity (Wildman–Crippen MR) is 80.8 cm³/mol. The zero-order chi connectivity index (χ0) is 16.1. The number of carbonyl (C=O) groups is 2. The fourth-order valence-corrected chi connectivity index (χ4v) is 2.35. The second kappa shape index (κ2) is 6.93. The summed E-state index contributed by atoms with van der Waals surface area (Å²) in [5, 5.41) is 6.93. The molecule has 2 aromatic heterocycles. The van der Waals surface area contributed by atoms with Gasteiger partial charge in [0.2, 0.25) is 0 Å². The molecular formula is C15H20N4O3. The Morgan fingerprint density at radius 1 is 1.41 bits per heavy atom. The van der Waals surface area contributed by atoms with Crippen molar-refractivity contribution in [1.29, 1.82) is 0 Å². The van der Waals surface area contributed by atoms with E-state index in [1.165, 1.54) is 7.11 Å². The predicted octanol–water partition coefficient (Wildman–Crippen LogP) is 1.43. The van der Waals surface area contributed by atoms with E-state index < -0.39 is 5.97 Å². The van der Waals surface area contributed by atoms with E-state index in [-0.39, 0.29) is 5.91 Å². The molecule has 2 heterocycles. The van der Waals surface area contributed by atoms with Gasteiger partial charge in [-0.3, -0.25) is 9.48 Å². The first kappa shape index (κ1) is 15.8. The smallest absolute Gasteiger partial charge is 0.339 e. The van der Waals surface area contributed by atoms with Crippen molar-refractivity contribution in [2.45, 2.75) is 26.8 Å². The number of esters is 1. The Morgan fingerprint density at radius 3 is 2.82 bits per heavy atom. The molecule has 0 radical (unpaired) electrons. The molecule has 0 unspecified atom stereocenters. The van der Waals surface area contributed by atoms with Crippen molar-refractivity contribution in [3.05, 3.63) is 41.0 Å². The van der Waals surface area contributed by atoms with Crippen molar-refractivity contribution in [1.82, 2.24) is 20.1 Å². The monoisotopic (exact) mass is 304 g/mol. The molecule has 118 valence electrons. The number of rotatable bonds is 6. The van der Waals surface area contributed by atoms with E-state index in [9.17, 15) is 9.59 Å². The Balaban J connectivity index is 1.94. The summed E-state index contributed by atoms with van der Waals surface area (Å²) in [4.78, 5) is 26.8. The van der Waals surface area contributed by atoms with Crippen molar-refractivity contribution < 1.29 is 14.3 Å². The van der Waals surface area contributed by atoms with Crippen molar-refractivity contribution in [2.75, 3.05) is 13.7 Å². The SMILES string of the molecule is COC(=O)c1c(C)[nH]c(C(=O)NCCCn2cccn2)c1C. The van der Waals surface area contributed by atoms with Crippen molar-refractivity contribution in [2.24, 2.45) is 0 Å². The van der Waals surface area contributed by atoms with Crippen LogP contribution in [0.25, 0.3) is 0 Å². The third-order valence-electron chi connectivity index (χ3n) is 3.46. The second-order valence-corrected chi connectivity index (χ2v) is 5.00. The number of hydrogen-bond acceptors (Lipinski definition) is 4. The maximum absolute atomic E-state index is 12.2. The molecule has 2 rings (SSSR count). The average Bonchev–Trinajstić information content (AvgIpc) is 3.11. The van der Waals surface area contributed by atoms with Crippen LogP contribution in [0, 0.1) is 13.8 Å². The van der Waals surface area contributed by atoms with Crippen LogP contribution in [0.3, 0.4) is 0 Å². The molecular weight excluding hydrogens is 284 g/mol. The van der Waals surface area contributed by atoms with Crippen LogP contribution in [-0.4, -0.2) is 40.3 Å². The van der Waals surface area contributed by atoms with Crippen LogP contribution < -0.4 is 5.32 Å². The van der Waals surface area contributed by atoms with Crippen LogP contribution in [0.5, 0.6) is 0 Å². The van der Waals surface area contributed by atoms with Gasteiger partial charge in [-0.15, -0.1) is 0 Å². The fourth-order valence-electron chi connectivity index (χ4n) is 2.35. The number of aryl methyl sites for hydroxylation is 2. The quantitative estimate of drug-likeness (QED) is 0.624. The molecule has 0 atom stereocenters. The van der Waals surface area contributed by atoms with E-state index in [1.54, 1.807) is 20.0 Å². The van der Waals surface area contributed by atoms with Crippen LogP contribution in [0.2, 0.25) is 0 Å². The topological polar surface area (TPSA) is 89.0 Å². The number of aromatic nitrogens is 3. The molecule has 2 aromatic rings. The van der Waals surface area contributed by atoms with E-state index in [0.29, 0.717) is 29.1 Å². The zero-order valence-corrected chi connectivity index (χ0v) is 13.0. The van der Waals surface area contributed by atoms with Gasteiger partial charge in [-0.2, -0.15) is 5.10 Å². The molecule has 0 saturated heterocycles. The van der Waals surface area contributed by atoms with Crippen LogP contribution >= 0.6 is 0 Å². The molecule has 0 aromatic carbocycles. The highest BCUT2D eigenvalue weighted by Gasteiger charge is 2.22. The first-order valence-electron chi connectivity index (χ1n) is 7.07. The van der Waals surface area contributed by atoms with Gasteiger partial charge < -0.3 is 15.0 Å². The minimum atomic E-state index is -0.441. The summed E-state index contributed by atoms with van der Waals surface area (Å²) in [7, 11) is 1.32. The first-order chi connectivity index (χ1) is 10.5. The van der Waals surface area contributed by atoms with Gasteiger partial charge in [-0.1, -0.05) is 0 Å². The van der Waals surface area contributed by atoms with Crippen molar-refractivity contribution in [3.63, 3.8) is 0 Å². The summed E-state index contributed by atoms with van der Waals surface area (Å²) >= 11 is 0. The summed E-state index contributed by atoms with van der Waals surface area (Å²) in [6.45, 7) is 4.75. The number of H-pyrrole nitrogens is 1. The summed E-state index contributed by atoms with van der Waals surface area (Å²) in [6, 6.07) is 1.86. The lowest BCUT2D eigenvalue weighted by Crippen LogP contribution is -2.26. The second-order valence-electron chi connectivity index (χ2n) is 5.00. The Hall–Kier alpha value is -2.57. The van der Waals surface area contributed by atoms with Crippen LogP contribution in [-0.2, 0) is 11.3 Å². The lowest BCUT2D eigenvalue weighted by molar-refractivity contribution is 0.0599. The van der Waals surface area contributed by atoms with Gasteiger partial charge >= 0.3 is 5.97 Å². The fraction of sp³-hybridized carbons (Fsp3) is 0.400. The number of carbonyl (C=O) groups excluding carboxylic acids is 2. The van der Waals surface area contributed by atoms with E-state index in [2.05, 4.69) is 15.4 Å². The normalized spacial score (nSPS) is 10.5. The molecule has 0 bridgehead atoms. The minimum absolute atomic E-state index is 0.226. The largest absolute Gasteiger partial charge is 0.465 e. The van der Waals surface area contributed by atoms with Crippen LogP contribution in [0.1, 0.15) is 38.5 Å². The molecule has 1 amide bonds. The number of ether oxygens (including phenoxy) is 1. The molecule has 7 heteroatoms. The minimum Gasteiger partial charge on any atom is -0.465 e. The van der Waals surface area contributed by atoms with E-state index >= 15 is 0 Å². The Morgan fingerprint density at radius 2 is 2.18 bits per heavy atom. The Labute approximate surface area is 128 Å². The molecule has 0 saturated carbocycles. The molecule has 0 aliphatic rings. The number of nitrogens with zero attached hydrogens (tertiary/aromatic N) is 2. The van der Waals surface area contributed by atoms with Gasteiger partial charge in [0.15, 0.2) is 0 Å². The molecule has 2 N–H and O–H groups in total.